The van der Waals surface area contributed by atoms with Gasteiger partial charge in [0.2, 0.25) is 0 Å². The minimum atomic E-state index is -0.910. The molecule has 0 spiro atoms. The third-order valence-corrected chi connectivity index (χ3v) is 7.03. The van der Waals surface area contributed by atoms with E-state index in [-0.39, 0.29) is 16.8 Å². The number of halogens is 2. The average molecular weight is 480 g/mol. The van der Waals surface area contributed by atoms with E-state index in [4.69, 9.17) is 0 Å². The van der Waals surface area contributed by atoms with Gasteiger partial charge in [0.15, 0.2) is 11.6 Å². The first-order valence-corrected chi connectivity index (χ1v) is 12.2. The van der Waals surface area contributed by atoms with Crippen LogP contribution in [0.15, 0.2) is 43.0 Å². The van der Waals surface area contributed by atoms with Gasteiger partial charge in [0.25, 0.3) is 0 Å². The molecule has 0 amide bonds. The van der Waals surface area contributed by atoms with Crippen molar-refractivity contribution in [3.05, 3.63) is 71.6 Å². The Kier molecular flexibility index (Phi) is 6.28. The number of ketones is 1. The lowest BCUT2D eigenvalue weighted by atomic mass is 9.85. The third kappa shape index (κ3) is 4.16. The molecule has 1 aliphatic carbocycles. The van der Waals surface area contributed by atoms with Gasteiger partial charge in [-0.3, -0.25) is 4.79 Å². The van der Waals surface area contributed by atoms with Crippen molar-refractivity contribution in [1.82, 2.24) is 19.9 Å². The summed E-state index contributed by atoms with van der Waals surface area (Å²) in [7, 11) is 0. The molecule has 2 N–H and O–H groups in total. The zero-order valence-corrected chi connectivity index (χ0v) is 19.4. The van der Waals surface area contributed by atoms with Crippen molar-refractivity contribution in [2.45, 2.75) is 38.5 Å². The summed E-state index contributed by atoms with van der Waals surface area (Å²) >= 11 is 1.19. The lowest BCUT2D eigenvalue weighted by Crippen LogP contribution is -2.12. The van der Waals surface area contributed by atoms with Crippen LogP contribution in [0.4, 0.5) is 14.5 Å². The number of hydrogen-bond donors (Lipinski definition) is 2. The molecule has 0 saturated heterocycles. The monoisotopic (exact) mass is 479 g/mol. The number of nitrogens with one attached hydrogen (secondary N) is 2. The fraction of sp³-hybridized carbons (Fsp3) is 0.280. The molecular formula is C25H23F2N5OS. The van der Waals surface area contributed by atoms with Crippen molar-refractivity contribution in [2.75, 3.05) is 10.5 Å². The van der Waals surface area contributed by atoms with Gasteiger partial charge in [-0.15, -0.1) is 0 Å². The molecule has 9 heteroatoms. The number of fused-ring (bicyclic) bond motifs is 1. The van der Waals surface area contributed by atoms with Gasteiger partial charge in [-0.1, -0.05) is 25.3 Å². The number of aromatic amines is 1. The normalized spacial score (nSPS) is 13.7. The van der Waals surface area contributed by atoms with E-state index in [2.05, 4.69) is 24.7 Å². The molecular weight excluding hydrogens is 456 g/mol. The van der Waals surface area contributed by atoms with Crippen LogP contribution in [0.3, 0.4) is 0 Å². The van der Waals surface area contributed by atoms with Crippen LogP contribution < -0.4 is 4.72 Å². The Hall–Kier alpha value is -3.33. The Morgan fingerprint density at radius 3 is 2.59 bits per heavy atom. The van der Waals surface area contributed by atoms with Gasteiger partial charge in [-0.2, -0.15) is 0 Å². The molecule has 1 fully saturated rings. The van der Waals surface area contributed by atoms with Crippen LogP contribution in [-0.2, 0) is 0 Å². The van der Waals surface area contributed by atoms with Crippen LogP contribution in [0.25, 0.3) is 22.2 Å². The van der Waals surface area contributed by atoms with Crippen molar-refractivity contribution in [2.24, 2.45) is 0 Å². The molecule has 0 unspecified atom stereocenters. The number of hydrogen-bond acceptors (Lipinski definition) is 6. The fourth-order valence-electron chi connectivity index (χ4n) is 3.91. The zero-order chi connectivity index (χ0) is 23.7. The third-order valence-electron chi connectivity index (χ3n) is 6.07. The molecule has 174 valence electrons. The standard InChI is InChI=1S/C25H23F2N5OS/c1-2-8-34-32-22-20(26)7-6-17(21(22)27)23(33)19-13-31-25-18(19)9-15(10-30-25)16-11-28-24(29-12-16)14-4-3-5-14/h6-7,9-14,32H,2-5,8H2,1H3,(H,30,31). The smallest absolute Gasteiger partial charge is 0.198 e. The Bertz CT molecular complexity index is 1350. The van der Waals surface area contributed by atoms with Crippen LogP contribution in [0.1, 0.15) is 60.3 Å². The second-order valence-electron chi connectivity index (χ2n) is 8.34. The summed E-state index contributed by atoms with van der Waals surface area (Å²) in [6.07, 6.45) is 11.0. The predicted octanol–water partition coefficient (Wildman–Crippen LogP) is 6.27. The van der Waals surface area contributed by atoms with E-state index < -0.39 is 17.4 Å². The SMILES string of the molecule is CCCSNc1c(F)ccc(C(=O)c2c[nH]c3ncc(-c4cnc(C5CCC5)nc4)cc23)c1F. The van der Waals surface area contributed by atoms with Gasteiger partial charge < -0.3 is 9.71 Å². The quantitative estimate of drug-likeness (QED) is 0.176. The van der Waals surface area contributed by atoms with Crippen LogP contribution in [0.5, 0.6) is 0 Å². The summed E-state index contributed by atoms with van der Waals surface area (Å²) in [4.78, 5) is 29.7. The van der Waals surface area contributed by atoms with Gasteiger partial charge in [0.1, 0.15) is 23.0 Å². The summed E-state index contributed by atoms with van der Waals surface area (Å²) in [5.41, 5.74) is 1.77. The first-order valence-electron chi connectivity index (χ1n) is 11.3. The van der Waals surface area contributed by atoms with E-state index in [0.29, 0.717) is 22.7 Å². The molecule has 1 aromatic carbocycles. The summed E-state index contributed by atoms with van der Waals surface area (Å²) in [5.74, 6) is -0.233. The highest BCUT2D eigenvalue weighted by Gasteiger charge is 2.24. The lowest BCUT2D eigenvalue weighted by Gasteiger charge is -2.23. The minimum Gasteiger partial charge on any atom is -0.345 e. The van der Waals surface area contributed by atoms with E-state index in [0.717, 1.165) is 42.3 Å². The first kappa shape index (κ1) is 22.5. The van der Waals surface area contributed by atoms with Crippen LogP contribution in [0.2, 0.25) is 0 Å². The van der Waals surface area contributed by atoms with Gasteiger partial charge in [0, 0.05) is 58.5 Å². The van der Waals surface area contributed by atoms with Crippen LogP contribution in [-0.4, -0.2) is 31.5 Å². The molecule has 3 heterocycles. The van der Waals surface area contributed by atoms with Crippen LogP contribution in [0, 0.1) is 11.6 Å². The Morgan fingerprint density at radius 2 is 1.88 bits per heavy atom. The summed E-state index contributed by atoms with van der Waals surface area (Å²) in [6.45, 7) is 1.97. The second-order valence-corrected chi connectivity index (χ2v) is 9.24. The lowest BCUT2D eigenvalue weighted by molar-refractivity contribution is 0.103. The van der Waals surface area contributed by atoms with E-state index in [1.165, 1.54) is 30.6 Å². The minimum absolute atomic E-state index is 0.208. The summed E-state index contributed by atoms with van der Waals surface area (Å²) in [5, 5.41) is 0.546. The highest BCUT2D eigenvalue weighted by molar-refractivity contribution is 8.00. The Labute approximate surface area is 199 Å². The summed E-state index contributed by atoms with van der Waals surface area (Å²) < 4.78 is 32.0. The number of aromatic nitrogens is 4. The molecule has 4 aromatic rings. The number of carbonyl (C=O) groups is 1. The average Bonchev–Trinajstić information content (AvgIpc) is 3.24. The molecule has 6 nitrogen and oxygen atoms in total. The largest absolute Gasteiger partial charge is 0.345 e. The van der Waals surface area contributed by atoms with Crippen molar-refractivity contribution in [3.63, 3.8) is 0 Å². The van der Waals surface area contributed by atoms with Gasteiger partial charge in [-0.05, 0) is 37.5 Å². The van der Waals surface area contributed by atoms with E-state index in [1.54, 1.807) is 18.6 Å². The molecule has 0 aliphatic heterocycles. The Balaban J connectivity index is 1.47. The maximum Gasteiger partial charge on any atom is 0.198 e. The van der Waals surface area contributed by atoms with E-state index in [1.807, 2.05) is 13.0 Å². The van der Waals surface area contributed by atoms with E-state index in [9.17, 15) is 9.18 Å². The van der Waals surface area contributed by atoms with Gasteiger partial charge in [-0.25, -0.2) is 23.7 Å². The van der Waals surface area contributed by atoms with Gasteiger partial charge >= 0.3 is 0 Å². The number of nitrogens with zero attached hydrogens (tertiary/aromatic N) is 3. The topological polar surface area (TPSA) is 83.6 Å². The Morgan fingerprint density at radius 1 is 1.12 bits per heavy atom. The maximum absolute atomic E-state index is 15.1. The van der Waals surface area contributed by atoms with Crippen molar-refractivity contribution < 1.29 is 13.6 Å². The summed E-state index contributed by atoms with van der Waals surface area (Å²) in [6, 6.07) is 4.09. The number of benzene rings is 1. The molecule has 1 aliphatic rings. The van der Waals surface area contributed by atoms with E-state index >= 15 is 4.39 Å². The van der Waals surface area contributed by atoms with Crippen molar-refractivity contribution >= 4 is 34.5 Å². The highest BCUT2D eigenvalue weighted by Crippen LogP contribution is 2.35. The van der Waals surface area contributed by atoms with Gasteiger partial charge in [0.05, 0.1) is 5.56 Å². The number of pyridine rings is 1. The number of H-pyrrole nitrogens is 1. The molecule has 1 saturated carbocycles. The molecule has 0 bridgehead atoms. The molecule has 5 rings (SSSR count). The number of rotatable bonds is 8. The maximum atomic E-state index is 15.1. The van der Waals surface area contributed by atoms with Crippen molar-refractivity contribution in [3.8, 4) is 11.1 Å². The predicted molar refractivity (Wildman–Crippen MR) is 130 cm³/mol. The molecule has 3 aromatic heterocycles. The number of carbonyl (C=O) groups excluding carboxylic acids is 1. The molecule has 34 heavy (non-hydrogen) atoms. The second kappa shape index (κ2) is 9.50. The first-order chi connectivity index (χ1) is 16.6. The molecule has 0 radical (unpaired) electrons. The van der Waals surface area contributed by atoms with Crippen LogP contribution >= 0.6 is 11.9 Å². The van der Waals surface area contributed by atoms with Crippen molar-refractivity contribution in [1.29, 1.82) is 0 Å². The fourth-order valence-corrected chi connectivity index (χ4v) is 4.54. The zero-order valence-electron chi connectivity index (χ0n) is 18.6. The number of anilines is 1. The molecule has 0 atom stereocenters. The highest BCUT2D eigenvalue weighted by atomic mass is 32.2.